The first-order valence-corrected chi connectivity index (χ1v) is 11.3. The molecule has 1 aliphatic heterocycles. The van der Waals surface area contributed by atoms with Crippen LogP contribution in [0.5, 0.6) is 5.88 Å². The molecule has 0 aliphatic carbocycles. The Morgan fingerprint density at radius 3 is 2.61 bits per heavy atom. The van der Waals surface area contributed by atoms with Crippen LogP contribution in [-0.4, -0.2) is 57.0 Å². The Morgan fingerprint density at radius 1 is 1.30 bits per heavy atom. The van der Waals surface area contributed by atoms with Crippen molar-refractivity contribution in [1.82, 2.24) is 19.5 Å². The third kappa shape index (κ3) is 4.21. The van der Waals surface area contributed by atoms with Gasteiger partial charge in [-0.1, -0.05) is 17.7 Å². The summed E-state index contributed by atoms with van der Waals surface area (Å²) in [5.74, 6) is -0.802. The Bertz CT molecular complexity index is 1360. The molecule has 1 fully saturated rings. The molecule has 3 aromatic rings. The average Bonchev–Trinajstić information content (AvgIpc) is 3.30. The van der Waals surface area contributed by atoms with Gasteiger partial charge >= 0.3 is 10.1 Å². The lowest BCUT2D eigenvalue weighted by atomic mass is 10.1. The number of azide groups is 1. The van der Waals surface area contributed by atoms with Gasteiger partial charge in [-0.3, -0.25) is 4.57 Å². The molecule has 1 aliphatic rings. The van der Waals surface area contributed by atoms with E-state index in [1.807, 2.05) is 6.92 Å². The molecule has 0 radical (unpaired) electrons. The number of hydrogen-bond donors (Lipinski definition) is 2. The van der Waals surface area contributed by atoms with Crippen molar-refractivity contribution < 1.29 is 27.6 Å². The van der Waals surface area contributed by atoms with Crippen LogP contribution in [0.3, 0.4) is 0 Å². The van der Waals surface area contributed by atoms with Gasteiger partial charge < -0.3 is 19.1 Å². The third-order valence-corrected chi connectivity index (χ3v) is 6.77. The van der Waals surface area contributed by atoms with Crippen LogP contribution in [0.25, 0.3) is 21.6 Å². The van der Waals surface area contributed by atoms with Gasteiger partial charge in [0.05, 0.1) is 19.0 Å². The Hall–Kier alpha value is -3.29. The first-order valence-electron chi connectivity index (χ1n) is 9.91. The summed E-state index contributed by atoms with van der Waals surface area (Å²) >= 11 is 0. The van der Waals surface area contributed by atoms with E-state index in [1.54, 1.807) is 26.0 Å². The van der Waals surface area contributed by atoms with E-state index in [-0.39, 0.29) is 35.0 Å². The summed E-state index contributed by atoms with van der Waals surface area (Å²) in [6, 6.07) is 3.44. The first-order chi connectivity index (χ1) is 15.6. The smallest absolute Gasteiger partial charge is 0.341 e. The van der Waals surface area contributed by atoms with Gasteiger partial charge in [0.15, 0.2) is 11.2 Å². The normalized spacial score (nSPS) is 20.7. The van der Waals surface area contributed by atoms with E-state index in [0.29, 0.717) is 11.1 Å². The van der Waals surface area contributed by atoms with Gasteiger partial charge in [-0.2, -0.15) is 13.4 Å². The van der Waals surface area contributed by atoms with Crippen LogP contribution < -0.4 is 4.18 Å². The highest BCUT2D eigenvalue weighted by Crippen LogP contribution is 2.34. The van der Waals surface area contributed by atoms with Crippen molar-refractivity contribution in [2.24, 2.45) is 5.11 Å². The monoisotopic (exact) mass is 475 g/mol. The van der Waals surface area contributed by atoms with Crippen LogP contribution in [0.15, 0.2) is 28.5 Å². The molecule has 1 saturated heterocycles. The molecule has 33 heavy (non-hydrogen) atoms. The fraction of sp³-hybridized carbons (Fsp3) is 0.421. The SMILES string of the molecule is Cc1cc(C)c(S(=O)(=O)Oc2nc(N=[N+]=[N-])nc3c2ncn3C2CC(O)C(CO)O2)c(C)c1. The van der Waals surface area contributed by atoms with Crippen LogP contribution in [0, 0.1) is 20.8 Å². The van der Waals surface area contributed by atoms with Crippen LogP contribution >= 0.6 is 0 Å². The number of imidazole rings is 1. The Morgan fingerprint density at radius 2 is 2.00 bits per heavy atom. The number of nitrogens with zero attached hydrogens (tertiary/aromatic N) is 7. The zero-order chi connectivity index (χ0) is 23.9. The fourth-order valence-corrected chi connectivity index (χ4v) is 5.30. The van der Waals surface area contributed by atoms with E-state index in [4.69, 9.17) is 14.5 Å². The molecule has 13 nitrogen and oxygen atoms in total. The zero-order valence-electron chi connectivity index (χ0n) is 17.9. The molecule has 2 N–H and O–H groups in total. The first kappa shape index (κ1) is 22.9. The number of rotatable bonds is 6. The van der Waals surface area contributed by atoms with E-state index in [0.717, 1.165) is 5.56 Å². The molecule has 3 heterocycles. The summed E-state index contributed by atoms with van der Waals surface area (Å²) in [7, 11) is -4.32. The molecule has 4 rings (SSSR count). The average molecular weight is 475 g/mol. The second-order valence-electron chi connectivity index (χ2n) is 7.72. The highest BCUT2D eigenvalue weighted by atomic mass is 32.2. The van der Waals surface area contributed by atoms with Gasteiger partial charge in [-0.05, 0) is 42.5 Å². The summed E-state index contributed by atoms with van der Waals surface area (Å²) in [6.07, 6.45) is -1.01. The summed E-state index contributed by atoms with van der Waals surface area (Å²) in [6.45, 7) is 4.79. The molecule has 1 aromatic carbocycles. The highest BCUT2D eigenvalue weighted by Gasteiger charge is 2.36. The van der Waals surface area contributed by atoms with Gasteiger partial charge in [0.25, 0.3) is 5.88 Å². The molecule has 0 amide bonds. The summed E-state index contributed by atoms with van der Waals surface area (Å²) in [4.78, 5) is 14.9. The topological polar surface area (TPSA) is 185 Å². The maximum atomic E-state index is 13.1. The molecule has 0 spiro atoms. The Kier molecular flexibility index (Phi) is 5.95. The number of fused-ring (bicyclic) bond motifs is 1. The number of aromatic nitrogens is 4. The van der Waals surface area contributed by atoms with Gasteiger partial charge in [0, 0.05) is 11.3 Å². The Balaban J connectivity index is 1.82. The summed E-state index contributed by atoms with van der Waals surface area (Å²) < 4.78 is 38.7. The van der Waals surface area contributed by atoms with Crippen molar-refractivity contribution >= 4 is 27.2 Å². The number of ether oxygens (including phenoxy) is 1. The van der Waals surface area contributed by atoms with Crippen LogP contribution in [-0.2, 0) is 14.9 Å². The number of benzene rings is 1. The van der Waals surface area contributed by atoms with Crippen molar-refractivity contribution in [2.75, 3.05) is 6.61 Å². The maximum Gasteiger partial charge on any atom is 0.341 e. The van der Waals surface area contributed by atoms with Crippen molar-refractivity contribution in [3.63, 3.8) is 0 Å². The zero-order valence-corrected chi connectivity index (χ0v) is 18.8. The predicted octanol–water partition coefficient (Wildman–Crippen LogP) is 2.10. The summed E-state index contributed by atoms with van der Waals surface area (Å²) in [5.41, 5.74) is 10.8. The van der Waals surface area contributed by atoms with Crippen LogP contribution in [0.1, 0.15) is 29.3 Å². The van der Waals surface area contributed by atoms with E-state index in [9.17, 15) is 18.6 Å². The molecule has 174 valence electrons. The molecule has 14 heteroatoms. The lowest BCUT2D eigenvalue weighted by Crippen LogP contribution is -2.24. The molecule has 3 unspecified atom stereocenters. The van der Waals surface area contributed by atoms with E-state index in [1.165, 1.54) is 10.9 Å². The molecule has 2 aromatic heterocycles. The minimum absolute atomic E-state index is 0.00216. The number of aliphatic hydroxyl groups excluding tert-OH is 2. The van der Waals surface area contributed by atoms with E-state index >= 15 is 0 Å². The number of aliphatic hydroxyl groups is 2. The molecular weight excluding hydrogens is 454 g/mol. The van der Waals surface area contributed by atoms with E-state index < -0.39 is 34.4 Å². The highest BCUT2D eigenvalue weighted by molar-refractivity contribution is 7.87. The van der Waals surface area contributed by atoms with Gasteiger partial charge in [-0.25, -0.2) is 9.97 Å². The van der Waals surface area contributed by atoms with Gasteiger partial charge in [-0.15, -0.1) is 0 Å². The fourth-order valence-electron chi connectivity index (χ4n) is 3.99. The van der Waals surface area contributed by atoms with Crippen molar-refractivity contribution in [3.05, 3.63) is 45.6 Å². The summed E-state index contributed by atoms with van der Waals surface area (Å²) in [5, 5.41) is 22.8. The molecule has 3 atom stereocenters. The van der Waals surface area contributed by atoms with Crippen LogP contribution in [0.2, 0.25) is 0 Å². The largest absolute Gasteiger partial charge is 0.394 e. The molecular formula is C19H21N7O6S. The van der Waals surface area contributed by atoms with Crippen molar-refractivity contribution in [3.8, 4) is 5.88 Å². The quantitative estimate of drug-likeness (QED) is 0.233. The van der Waals surface area contributed by atoms with Crippen molar-refractivity contribution in [2.45, 2.75) is 50.5 Å². The minimum atomic E-state index is -4.32. The number of hydrogen-bond acceptors (Lipinski definition) is 10. The molecule has 0 saturated carbocycles. The molecule has 0 bridgehead atoms. The lowest BCUT2D eigenvalue weighted by molar-refractivity contribution is -0.0432. The predicted molar refractivity (Wildman–Crippen MR) is 114 cm³/mol. The lowest BCUT2D eigenvalue weighted by Gasteiger charge is -2.14. The third-order valence-electron chi connectivity index (χ3n) is 5.25. The number of aryl methyl sites for hydroxylation is 3. The van der Waals surface area contributed by atoms with E-state index in [2.05, 4.69) is 25.0 Å². The van der Waals surface area contributed by atoms with Crippen molar-refractivity contribution in [1.29, 1.82) is 0 Å². The second-order valence-corrected chi connectivity index (χ2v) is 9.21. The second kappa shape index (κ2) is 8.57. The maximum absolute atomic E-state index is 13.1. The minimum Gasteiger partial charge on any atom is -0.394 e. The Labute approximate surface area is 188 Å². The van der Waals surface area contributed by atoms with Gasteiger partial charge in [0.1, 0.15) is 17.2 Å². The standard InChI is InChI=1S/C19H21N7O6S/c1-9-4-10(2)16(11(3)5-9)33(29,30)32-18-15-17(22-19(23-18)24-25-20)26(8-21-15)14-6-12(28)13(7-27)31-14/h4-5,8,12-14,27-28H,6-7H2,1-3H3. The van der Waals surface area contributed by atoms with Crippen LogP contribution in [0.4, 0.5) is 5.95 Å². The van der Waals surface area contributed by atoms with Gasteiger partial charge in [0.2, 0.25) is 5.95 Å².